The van der Waals surface area contributed by atoms with Crippen molar-refractivity contribution in [2.75, 3.05) is 5.32 Å². The van der Waals surface area contributed by atoms with E-state index in [0.29, 0.717) is 6.54 Å². The van der Waals surface area contributed by atoms with Crippen molar-refractivity contribution in [1.82, 2.24) is 4.57 Å². The lowest BCUT2D eigenvalue weighted by molar-refractivity contribution is -0.384. The second kappa shape index (κ2) is 7.65. The van der Waals surface area contributed by atoms with E-state index >= 15 is 0 Å². The lowest BCUT2D eigenvalue weighted by atomic mass is 10.1. The van der Waals surface area contributed by atoms with Crippen LogP contribution in [0.15, 0.2) is 71.7 Å². The first-order valence-corrected chi connectivity index (χ1v) is 8.25. The van der Waals surface area contributed by atoms with Gasteiger partial charge in [-0.25, -0.2) is 0 Å². The molecule has 0 saturated carbocycles. The summed E-state index contributed by atoms with van der Waals surface area (Å²) >= 11 is 0. The molecular weight excluding hydrogens is 346 g/mol. The molecule has 0 radical (unpaired) electrons. The van der Waals surface area contributed by atoms with Gasteiger partial charge in [-0.05, 0) is 30.2 Å². The topological polar surface area (TPSA) is 94.2 Å². The summed E-state index contributed by atoms with van der Waals surface area (Å²) in [5.74, 6) is -0.524. The minimum atomic E-state index is -0.543. The van der Waals surface area contributed by atoms with Crippen molar-refractivity contribution in [3.63, 3.8) is 0 Å². The molecule has 2 aromatic carbocycles. The maximum absolute atomic E-state index is 12.5. The summed E-state index contributed by atoms with van der Waals surface area (Å²) in [6.07, 6.45) is 1.45. The molecule has 0 atom stereocenters. The van der Waals surface area contributed by atoms with Gasteiger partial charge in [0, 0.05) is 18.3 Å². The Morgan fingerprint density at radius 3 is 2.56 bits per heavy atom. The normalized spacial score (nSPS) is 10.4. The molecule has 0 bridgehead atoms. The molecule has 1 amide bonds. The molecule has 0 aliphatic heterocycles. The summed E-state index contributed by atoms with van der Waals surface area (Å²) in [7, 11) is 0. The fraction of sp³-hybridized carbons (Fsp3) is 0.100. The number of nitro benzene ring substituents is 1. The average Bonchev–Trinajstić information content (AvgIpc) is 2.65. The van der Waals surface area contributed by atoms with Crippen LogP contribution in [0.25, 0.3) is 0 Å². The van der Waals surface area contributed by atoms with E-state index in [2.05, 4.69) is 5.32 Å². The molecule has 0 spiro atoms. The number of anilines is 1. The van der Waals surface area contributed by atoms with Gasteiger partial charge in [0.05, 0.1) is 17.0 Å². The van der Waals surface area contributed by atoms with Crippen molar-refractivity contribution in [3.05, 3.63) is 104 Å². The Kier molecular flexibility index (Phi) is 5.12. The fourth-order valence-corrected chi connectivity index (χ4v) is 2.66. The largest absolute Gasteiger partial charge is 0.316 e. The Morgan fingerprint density at radius 2 is 1.85 bits per heavy atom. The standard InChI is InChI=1S/C20H17N3O4/c1-14-7-9-17(18(11-14)23(26)27)21-20(25)16-8-10-19(24)22(13-16)12-15-5-3-2-4-6-15/h2-11,13H,12H2,1H3,(H,21,25). The van der Waals surface area contributed by atoms with Crippen molar-refractivity contribution < 1.29 is 9.72 Å². The Bertz CT molecular complexity index is 1060. The molecule has 1 N–H and O–H groups in total. The second-order valence-corrected chi connectivity index (χ2v) is 6.10. The zero-order valence-corrected chi connectivity index (χ0v) is 14.6. The van der Waals surface area contributed by atoms with Gasteiger partial charge in [0.15, 0.2) is 0 Å². The van der Waals surface area contributed by atoms with E-state index in [9.17, 15) is 19.7 Å². The van der Waals surface area contributed by atoms with Crippen LogP contribution in [-0.4, -0.2) is 15.4 Å². The Balaban J connectivity index is 1.87. The average molecular weight is 363 g/mol. The summed E-state index contributed by atoms with van der Waals surface area (Å²) in [5, 5.41) is 13.8. The number of aromatic nitrogens is 1. The van der Waals surface area contributed by atoms with Gasteiger partial charge in [-0.2, -0.15) is 0 Å². The van der Waals surface area contributed by atoms with Crippen LogP contribution in [0.1, 0.15) is 21.5 Å². The van der Waals surface area contributed by atoms with Gasteiger partial charge in [-0.15, -0.1) is 0 Å². The molecule has 0 unspecified atom stereocenters. The van der Waals surface area contributed by atoms with E-state index < -0.39 is 10.8 Å². The van der Waals surface area contributed by atoms with Crippen LogP contribution < -0.4 is 10.9 Å². The number of nitro groups is 1. The number of benzene rings is 2. The van der Waals surface area contributed by atoms with Gasteiger partial charge < -0.3 is 9.88 Å². The van der Waals surface area contributed by atoms with Gasteiger partial charge in [-0.3, -0.25) is 19.7 Å². The summed E-state index contributed by atoms with van der Waals surface area (Å²) < 4.78 is 1.42. The van der Waals surface area contributed by atoms with E-state index in [4.69, 9.17) is 0 Å². The van der Waals surface area contributed by atoms with E-state index in [1.165, 1.54) is 35.0 Å². The van der Waals surface area contributed by atoms with Crippen molar-refractivity contribution in [1.29, 1.82) is 0 Å². The third kappa shape index (κ3) is 4.27. The minimum Gasteiger partial charge on any atom is -0.316 e. The highest BCUT2D eigenvalue weighted by Crippen LogP contribution is 2.25. The molecule has 7 heteroatoms. The van der Waals surface area contributed by atoms with Crippen LogP contribution in [0.5, 0.6) is 0 Å². The molecule has 3 rings (SSSR count). The number of pyridine rings is 1. The first-order valence-electron chi connectivity index (χ1n) is 8.25. The summed E-state index contributed by atoms with van der Waals surface area (Å²) in [6, 6.07) is 16.7. The van der Waals surface area contributed by atoms with Crippen LogP contribution in [0, 0.1) is 17.0 Å². The van der Waals surface area contributed by atoms with Crippen LogP contribution in [0.4, 0.5) is 11.4 Å². The number of carbonyl (C=O) groups is 1. The van der Waals surface area contributed by atoms with Gasteiger partial charge >= 0.3 is 0 Å². The van der Waals surface area contributed by atoms with Crippen molar-refractivity contribution >= 4 is 17.3 Å². The first-order chi connectivity index (χ1) is 12.9. The molecule has 1 heterocycles. The zero-order chi connectivity index (χ0) is 19.4. The van der Waals surface area contributed by atoms with E-state index in [-0.39, 0.29) is 22.5 Å². The molecule has 0 fully saturated rings. The SMILES string of the molecule is Cc1ccc(NC(=O)c2ccc(=O)n(Cc3ccccc3)c2)c([N+](=O)[O-])c1. The number of aryl methyl sites for hydroxylation is 1. The predicted octanol–water partition coefficient (Wildman–Crippen LogP) is 3.37. The smallest absolute Gasteiger partial charge is 0.293 e. The maximum Gasteiger partial charge on any atom is 0.293 e. The Morgan fingerprint density at radius 1 is 1.11 bits per heavy atom. The molecule has 3 aromatic rings. The van der Waals surface area contributed by atoms with Gasteiger partial charge in [0.2, 0.25) is 0 Å². The third-order valence-corrected chi connectivity index (χ3v) is 4.04. The van der Waals surface area contributed by atoms with E-state index in [1.54, 1.807) is 13.0 Å². The molecular formula is C20H17N3O4. The van der Waals surface area contributed by atoms with Crippen LogP contribution in [0.3, 0.4) is 0 Å². The lowest BCUT2D eigenvalue weighted by Crippen LogP contribution is -2.22. The number of nitrogens with one attached hydrogen (secondary N) is 1. The monoisotopic (exact) mass is 363 g/mol. The summed E-state index contributed by atoms with van der Waals surface area (Å²) in [4.78, 5) is 35.3. The van der Waals surface area contributed by atoms with Gasteiger partial charge in [-0.1, -0.05) is 36.4 Å². The summed E-state index contributed by atoms with van der Waals surface area (Å²) in [5.41, 5.74) is 1.57. The molecule has 7 nitrogen and oxygen atoms in total. The molecule has 136 valence electrons. The number of amides is 1. The number of rotatable bonds is 5. The molecule has 0 aliphatic rings. The summed E-state index contributed by atoms with van der Waals surface area (Å²) in [6.45, 7) is 2.06. The van der Waals surface area contributed by atoms with E-state index in [1.807, 2.05) is 30.3 Å². The third-order valence-electron chi connectivity index (χ3n) is 4.04. The molecule has 0 aliphatic carbocycles. The Labute approximate surface area is 155 Å². The first kappa shape index (κ1) is 18.1. The highest BCUT2D eigenvalue weighted by molar-refractivity contribution is 6.05. The highest BCUT2D eigenvalue weighted by atomic mass is 16.6. The van der Waals surface area contributed by atoms with Gasteiger partial charge in [0.25, 0.3) is 17.2 Å². The van der Waals surface area contributed by atoms with Crippen LogP contribution in [-0.2, 0) is 6.54 Å². The quantitative estimate of drug-likeness (QED) is 0.555. The fourth-order valence-electron chi connectivity index (χ4n) is 2.66. The van der Waals surface area contributed by atoms with Crippen molar-refractivity contribution in [3.8, 4) is 0 Å². The highest BCUT2D eigenvalue weighted by Gasteiger charge is 2.17. The van der Waals surface area contributed by atoms with E-state index in [0.717, 1.165) is 11.1 Å². The van der Waals surface area contributed by atoms with Crippen molar-refractivity contribution in [2.45, 2.75) is 13.5 Å². The maximum atomic E-state index is 12.5. The molecule has 0 saturated heterocycles. The lowest BCUT2D eigenvalue weighted by Gasteiger charge is -2.10. The van der Waals surface area contributed by atoms with Crippen LogP contribution in [0.2, 0.25) is 0 Å². The van der Waals surface area contributed by atoms with Crippen molar-refractivity contribution in [2.24, 2.45) is 0 Å². The molecule has 1 aromatic heterocycles. The van der Waals surface area contributed by atoms with Crippen LogP contribution >= 0.6 is 0 Å². The number of hydrogen-bond donors (Lipinski definition) is 1. The zero-order valence-electron chi connectivity index (χ0n) is 14.6. The van der Waals surface area contributed by atoms with Gasteiger partial charge in [0.1, 0.15) is 5.69 Å². The number of nitrogens with zero attached hydrogens (tertiary/aromatic N) is 2. The number of hydrogen-bond acceptors (Lipinski definition) is 4. The second-order valence-electron chi connectivity index (χ2n) is 6.10. The number of carbonyl (C=O) groups excluding carboxylic acids is 1. The minimum absolute atomic E-state index is 0.108. The molecule has 27 heavy (non-hydrogen) atoms. The predicted molar refractivity (Wildman–Crippen MR) is 102 cm³/mol. The Hall–Kier alpha value is -3.74.